The van der Waals surface area contributed by atoms with Crippen LogP contribution in [0.2, 0.25) is 0 Å². The van der Waals surface area contributed by atoms with Crippen LogP contribution in [-0.2, 0) is 17.9 Å². The molecule has 2 aromatic carbocycles. The van der Waals surface area contributed by atoms with Crippen LogP contribution in [0.1, 0.15) is 24.0 Å². The van der Waals surface area contributed by atoms with Crippen molar-refractivity contribution in [3.63, 3.8) is 0 Å². The second-order valence-electron chi connectivity index (χ2n) is 7.70. The van der Waals surface area contributed by atoms with Gasteiger partial charge in [-0.15, -0.1) is 0 Å². The molecule has 6 nitrogen and oxygen atoms in total. The predicted octanol–water partition coefficient (Wildman–Crippen LogP) is 3.54. The molecule has 1 amide bonds. The first-order valence-corrected chi connectivity index (χ1v) is 9.99. The molecule has 1 unspecified atom stereocenters. The summed E-state index contributed by atoms with van der Waals surface area (Å²) in [5, 5.41) is 3.04. The van der Waals surface area contributed by atoms with Crippen molar-refractivity contribution in [2.45, 2.75) is 38.9 Å². The minimum Gasteiger partial charge on any atom is -0.352 e. The first-order valence-electron chi connectivity index (χ1n) is 9.99. The van der Waals surface area contributed by atoms with Crippen molar-refractivity contribution in [3.05, 3.63) is 72.1 Å². The number of amides is 1. The lowest BCUT2D eigenvalue weighted by Crippen LogP contribution is -2.29. The van der Waals surface area contributed by atoms with Gasteiger partial charge in [-0.25, -0.2) is 9.97 Å². The van der Waals surface area contributed by atoms with Gasteiger partial charge in [-0.3, -0.25) is 4.79 Å². The lowest BCUT2D eigenvalue weighted by atomic mass is 10.1. The monoisotopic (exact) mass is 385 g/mol. The normalized spacial score (nSPS) is 16.4. The van der Waals surface area contributed by atoms with Gasteiger partial charge in [0.1, 0.15) is 0 Å². The van der Waals surface area contributed by atoms with Gasteiger partial charge in [0, 0.05) is 37.9 Å². The van der Waals surface area contributed by atoms with Crippen LogP contribution in [0.5, 0.6) is 0 Å². The summed E-state index contributed by atoms with van der Waals surface area (Å²) in [6.45, 7) is 3.53. The molecule has 0 aliphatic carbocycles. The number of benzene rings is 2. The minimum atomic E-state index is 0.128. The third-order valence-corrected chi connectivity index (χ3v) is 5.53. The zero-order valence-electron chi connectivity index (χ0n) is 16.4. The molecule has 3 heterocycles. The van der Waals surface area contributed by atoms with E-state index in [-0.39, 0.29) is 11.9 Å². The number of nitrogens with one attached hydrogen (secondary N) is 1. The van der Waals surface area contributed by atoms with Crippen molar-refractivity contribution in [1.29, 1.82) is 0 Å². The quantitative estimate of drug-likeness (QED) is 0.572. The summed E-state index contributed by atoms with van der Waals surface area (Å²) in [4.78, 5) is 21.1. The largest absolute Gasteiger partial charge is 0.352 e. The molecule has 146 valence electrons. The van der Waals surface area contributed by atoms with E-state index in [1.165, 1.54) is 11.1 Å². The van der Waals surface area contributed by atoms with Crippen LogP contribution >= 0.6 is 0 Å². The van der Waals surface area contributed by atoms with E-state index in [1.54, 1.807) is 0 Å². The molecule has 0 spiro atoms. The van der Waals surface area contributed by atoms with Gasteiger partial charge >= 0.3 is 0 Å². The van der Waals surface area contributed by atoms with E-state index >= 15 is 0 Å². The summed E-state index contributed by atoms with van der Waals surface area (Å²) in [5.41, 5.74) is 4.52. The Bertz CT molecular complexity index is 1170. The molecule has 0 bridgehead atoms. The Morgan fingerprint density at radius 1 is 1.10 bits per heavy atom. The molecule has 29 heavy (non-hydrogen) atoms. The number of carbonyl (C=O) groups excluding carboxylic acids is 1. The molecule has 0 saturated carbocycles. The highest BCUT2D eigenvalue weighted by Gasteiger charge is 2.23. The van der Waals surface area contributed by atoms with Gasteiger partial charge in [0.15, 0.2) is 11.6 Å². The van der Waals surface area contributed by atoms with Gasteiger partial charge < -0.3 is 14.5 Å². The van der Waals surface area contributed by atoms with Crippen LogP contribution in [0.25, 0.3) is 22.7 Å². The van der Waals surface area contributed by atoms with Crippen molar-refractivity contribution >= 4 is 16.9 Å². The van der Waals surface area contributed by atoms with Gasteiger partial charge in [-0.1, -0.05) is 42.0 Å². The van der Waals surface area contributed by atoms with Crippen molar-refractivity contribution in [1.82, 2.24) is 24.4 Å². The van der Waals surface area contributed by atoms with Crippen molar-refractivity contribution in [3.8, 4) is 11.6 Å². The number of hydrogen-bond donors (Lipinski definition) is 1. The predicted molar refractivity (Wildman–Crippen MR) is 112 cm³/mol. The summed E-state index contributed by atoms with van der Waals surface area (Å²) in [5.74, 6) is 1.80. The lowest BCUT2D eigenvalue weighted by Gasteiger charge is -2.14. The number of nitrogens with zero attached hydrogens (tertiary/aromatic N) is 4. The average Bonchev–Trinajstić information content (AvgIpc) is 3.43. The zero-order valence-corrected chi connectivity index (χ0v) is 16.4. The molecule has 1 atom stereocenters. The highest BCUT2D eigenvalue weighted by molar-refractivity contribution is 5.80. The molecule has 4 aromatic rings. The highest BCUT2D eigenvalue weighted by atomic mass is 16.1. The van der Waals surface area contributed by atoms with Crippen molar-refractivity contribution in [2.75, 3.05) is 0 Å². The summed E-state index contributed by atoms with van der Waals surface area (Å²) < 4.78 is 4.33. The highest BCUT2D eigenvalue weighted by Crippen LogP contribution is 2.26. The summed E-state index contributed by atoms with van der Waals surface area (Å²) in [6.07, 6.45) is 5.23. The molecule has 0 radical (unpaired) electrons. The van der Waals surface area contributed by atoms with Crippen LogP contribution in [0.4, 0.5) is 0 Å². The fraction of sp³-hybridized carbons (Fsp3) is 0.261. The van der Waals surface area contributed by atoms with E-state index in [9.17, 15) is 4.79 Å². The van der Waals surface area contributed by atoms with E-state index < -0.39 is 0 Å². The zero-order chi connectivity index (χ0) is 19.8. The van der Waals surface area contributed by atoms with Gasteiger partial charge in [-0.05, 0) is 31.0 Å². The van der Waals surface area contributed by atoms with Crippen LogP contribution in [-0.4, -0.2) is 31.1 Å². The second kappa shape index (κ2) is 7.20. The number of hydrogen-bond acceptors (Lipinski definition) is 3. The Morgan fingerprint density at radius 3 is 2.72 bits per heavy atom. The van der Waals surface area contributed by atoms with Crippen LogP contribution < -0.4 is 5.32 Å². The molecule has 1 fully saturated rings. The fourth-order valence-electron chi connectivity index (χ4n) is 4.00. The standard InChI is InChI=1S/C23H23N5O/c1-16-6-8-17(9-7-16)14-28-20-5-3-2-4-19(20)26-23(28)22-24-12-13-27(22)15-18-10-11-21(29)25-18/h2-9,12-13,18H,10-11,14-15H2,1H3,(H,25,29). The maximum atomic E-state index is 11.6. The Hall–Kier alpha value is -3.41. The Morgan fingerprint density at radius 2 is 1.93 bits per heavy atom. The van der Waals surface area contributed by atoms with Crippen LogP contribution in [0.15, 0.2) is 60.9 Å². The molecule has 1 saturated heterocycles. The van der Waals surface area contributed by atoms with Gasteiger partial charge in [0.2, 0.25) is 5.91 Å². The maximum absolute atomic E-state index is 11.6. The Kier molecular flexibility index (Phi) is 4.39. The summed E-state index contributed by atoms with van der Waals surface area (Å²) >= 11 is 0. The molecular formula is C23H23N5O. The van der Waals surface area contributed by atoms with E-state index in [0.29, 0.717) is 13.0 Å². The summed E-state index contributed by atoms with van der Waals surface area (Å²) in [7, 11) is 0. The number of aromatic nitrogens is 4. The molecule has 6 heteroatoms. The molecule has 2 aromatic heterocycles. The molecule has 5 rings (SSSR count). The number of imidazole rings is 2. The van der Waals surface area contributed by atoms with Gasteiger partial charge in [0.25, 0.3) is 0 Å². The van der Waals surface area contributed by atoms with E-state index in [2.05, 4.69) is 56.7 Å². The third kappa shape index (κ3) is 3.42. The summed E-state index contributed by atoms with van der Waals surface area (Å²) in [6, 6.07) is 16.9. The molecule has 1 aliphatic rings. The maximum Gasteiger partial charge on any atom is 0.220 e. The first kappa shape index (κ1) is 17.7. The van der Waals surface area contributed by atoms with E-state index in [0.717, 1.165) is 35.6 Å². The van der Waals surface area contributed by atoms with Gasteiger partial charge in [-0.2, -0.15) is 0 Å². The lowest BCUT2D eigenvalue weighted by molar-refractivity contribution is -0.119. The topological polar surface area (TPSA) is 64.7 Å². The molecular weight excluding hydrogens is 362 g/mol. The number of rotatable bonds is 5. The number of carbonyl (C=O) groups is 1. The number of para-hydroxylation sites is 2. The van der Waals surface area contributed by atoms with Crippen molar-refractivity contribution < 1.29 is 4.79 Å². The minimum absolute atomic E-state index is 0.128. The Labute approximate surface area is 169 Å². The number of fused-ring (bicyclic) bond motifs is 1. The first-order chi connectivity index (χ1) is 14.2. The Balaban J connectivity index is 1.56. The smallest absolute Gasteiger partial charge is 0.220 e. The number of aryl methyl sites for hydroxylation is 1. The molecule has 1 aliphatic heterocycles. The average molecular weight is 385 g/mol. The van der Waals surface area contributed by atoms with Crippen molar-refractivity contribution in [2.24, 2.45) is 0 Å². The van der Waals surface area contributed by atoms with Crippen LogP contribution in [0, 0.1) is 6.92 Å². The van der Waals surface area contributed by atoms with Gasteiger partial charge in [0.05, 0.1) is 11.0 Å². The molecule has 1 N–H and O–H groups in total. The second-order valence-corrected chi connectivity index (χ2v) is 7.70. The van der Waals surface area contributed by atoms with Crippen LogP contribution in [0.3, 0.4) is 0 Å². The van der Waals surface area contributed by atoms with E-state index in [1.807, 2.05) is 30.6 Å². The fourth-order valence-corrected chi connectivity index (χ4v) is 4.00. The van der Waals surface area contributed by atoms with E-state index in [4.69, 9.17) is 4.98 Å². The SMILES string of the molecule is Cc1ccc(Cn2c(-c3nccn3CC3CCC(=O)N3)nc3ccccc32)cc1. The third-order valence-electron chi connectivity index (χ3n) is 5.53.